The van der Waals surface area contributed by atoms with Crippen molar-refractivity contribution in [1.82, 2.24) is 10.8 Å². The maximum absolute atomic E-state index is 11.7. The number of rotatable bonds is 6. The monoisotopic (exact) mass is 352 g/mol. The van der Waals surface area contributed by atoms with Crippen LogP contribution >= 0.6 is 0 Å². The van der Waals surface area contributed by atoms with Gasteiger partial charge in [0.05, 0.1) is 6.10 Å². The maximum Gasteiger partial charge on any atom is 0.263 e. The van der Waals surface area contributed by atoms with Crippen LogP contribution in [0.5, 0.6) is 0 Å². The van der Waals surface area contributed by atoms with Gasteiger partial charge in [-0.1, -0.05) is 49.1 Å². The van der Waals surface area contributed by atoms with Gasteiger partial charge >= 0.3 is 0 Å². The third-order valence-corrected chi connectivity index (χ3v) is 4.10. The van der Waals surface area contributed by atoms with E-state index in [1.165, 1.54) is 6.92 Å². The summed E-state index contributed by atoms with van der Waals surface area (Å²) in [5, 5.41) is 21.7. The average molecular weight is 352 g/mol. The zero-order valence-electron chi connectivity index (χ0n) is 14.9. The van der Waals surface area contributed by atoms with Gasteiger partial charge in [0, 0.05) is 17.2 Å². The number of aliphatic hydroxyl groups excluding tert-OH is 1. The molecule has 136 valence electrons. The molecule has 1 unspecified atom stereocenters. The Labute approximate surface area is 154 Å². The van der Waals surface area contributed by atoms with E-state index >= 15 is 0 Å². The van der Waals surface area contributed by atoms with Crippen LogP contribution in [0.15, 0.2) is 54.6 Å². The Bertz CT molecular complexity index is 761. The molecule has 2 rings (SSSR count). The first-order chi connectivity index (χ1) is 12.5. The van der Waals surface area contributed by atoms with E-state index in [0.717, 1.165) is 23.1 Å². The second-order valence-corrected chi connectivity index (χ2v) is 6.06. The molecule has 5 nitrogen and oxygen atoms in total. The highest BCUT2D eigenvalue weighted by Gasteiger charge is 2.26. The smallest absolute Gasteiger partial charge is 0.263 e. The van der Waals surface area contributed by atoms with Gasteiger partial charge in [-0.15, -0.1) is 0 Å². The Kier molecular flexibility index (Phi) is 7.37. The Morgan fingerprint density at radius 2 is 1.62 bits per heavy atom. The van der Waals surface area contributed by atoms with E-state index in [4.69, 9.17) is 5.21 Å². The van der Waals surface area contributed by atoms with Gasteiger partial charge in [-0.2, -0.15) is 0 Å². The summed E-state index contributed by atoms with van der Waals surface area (Å²) in [5.74, 6) is 5.57. The quantitative estimate of drug-likeness (QED) is 0.366. The molecule has 0 heterocycles. The molecule has 3 atom stereocenters. The molecule has 0 aliphatic rings. The minimum absolute atomic E-state index is 0.136. The zero-order chi connectivity index (χ0) is 18.9. The first-order valence-corrected chi connectivity index (χ1v) is 8.60. The predicted molar refractivity (Wildman–Crippen MR) is 100 cm³/mol. The van der Waals surface area contributed by atoms with Gasteiger partial charge in [-0.3, -0.25) is 15.3 Å². The SMILES string of the molecule is CCC(N[C@H](C(=O)NO)[C@@H](C)O)c1ccc(C#Cc2ccccc2)cc1. The summed E-state index contributed by atoms with van der Waals surface area (Å²) in [7, 11) is 0. The standard InChI is InChI=1S/C21H24N2O3/c1-3-19(22-20(15(2)24)21(25)23-26)18-13-11-17(12-14-18)10-9-16-7-5-4-6-8-16/h4-8,11-15,19-20,22,24,26H,3H2,1-2H3,(H,23,25)/t15-,19?,20+/m1/s1. The molecule has 0 saturated carbocycles. The summed E-state index contributed by atoms with van der Waals surface area (Å²) in [4.78, 5) is 11.7. The van der Waals surface area contributed by atoms with Crippen LogP contribution in [0.3, 0.4) is 0 Å². The average Bonchev–Trinajstić information content (AvgIpc) is 2.68. The Hall–Kier alpha value is -2.65. The third-order valence-electron chi connectivity index (χ3n) is 4.10. The third kappa shape index (κ3) is 5.43. The van der Waals surface area contributed by atoms with Crippen molar-refractivity contribution in [1.29, 1.82) is 0 Å². The first-order valence-electron chi connectivity index (χ1n) is 8.60. The number of nitrogens with one attached hydrogen (secondary N) is 2. The van der Waals surface area contributed by atoms with E-state index < -0.39 is 18.1 Å². The van der Waals surface area contributed by atoms with Crippen molar-refractivity contribution in [2.75, 3.05) is 0 Å². The molecular weight excluding hydrogens is 328 g/mol. The minimum Gasteiger partial charge on any atom is -0.391 e. The first kappa shape index (κ1) is 19.7. The van der Waals surface area contributed by atoms with Crippen LogP contribution in [-0.4, -0.2) is 28.4 Å². The van der Waals surface area contributed by atoms with Crippen molar-refractivity contribution in [2.24, 2.45) is 0 Å². The fourth-order valence-corrected chi connectivity index (χ4v) is 2.63. The summed E-state index contributed by atoms with van der Waals surface area (Å²) in [5.41, 5.74) is 4.42. The Morgan fingerprint density at radius 3 is 2.12 bits per heavy atom. The number of carbonyl (C=O) groups is 1. The lowest BCUT2D eigenvalue weighted by Gasteiger charge is -2.25. The second-order valence-electron chi connectivity index (χ2n) is 6.06. The van der Waals surface area contributed by atoms with Crippen LogP contribution in [0, 0.1) is 11.8 Å². The number of hydroxylamine groups is 1. The molecule has 0 aliphatic carbocycles. The Morgan fingerprint density at radius 1 is 1.04 bits per heavy atom. The van der Waals surface area contributed by atoms with Crippen molar-refractivity contribution >= 4 is 5.91 Å². The largest absolute Gasteiger partial charge is 0.391 e. The number of benzene rings is 2. The summed E-state index contributed by atoms with van der Waals surface area (Å²) in [6.45, 7) is 3.48. The van der Waals surface area contributed by atoms with Gasteiger partial charge in [0.1, 0.15) is 6.04 Å². The zero-order valence-corrected chi connectivity index (χ0v) is 14.9. The van der Waals surface area contributed by atoms with E-state index in [1.807, 2.05) is 61.5 Å². The van der Waals surface area contributed by atoms with E-state index in [1.54, 1.807) is 5.48 Å². The van der Waals surface area contributed by atoms with E-state index in [2.05, 4.69) is 17.2 Å². The molecule has 4 N–H and O–H groups in total. The fourth-order valence-electron chi connectivity index (χ4n) is 2.63. The van der Waals surface area contributed by atoms with Gasteiger partial charge in [-0.05, 0) is 43.2 Å². The molecule has 0 bridgehead atoms. The highest BCUT2D eigenvalue weighted by molar-refractivity contribution is 5.81. The molecule has 2 aromatic carbocycles. The summed E-state index contributed by atoms with van der Waals surface area (Å²) in [6, 6.07) is 16.5. The molecular formula is C21H24N2O3. The van der Waals surface area contributed by atoms with Crippen LogP contribution in [0.2, 0.25) is 0 Å². The number of carbonyl (C=O) groups excluding carboxylic acids is 1. The van der Waals surface area contributed by atoms with Crippen molar-refractivity contribution in [3.8, 4) is 11.8 Å². The molecule has 0 fully saturated rings. The molecule has 0 saturated heterocycles. The van der Waals surface area contributed by atoms with E-state index in [9.17, 15) is 9.90 Å². The molecule has 5 heteroatoms. The molecule has 0 radical (unpaired) electrons. The van der Waals surface area contributed by atoms with Gasteiger partial charge in [0.2, 0.25) is 0 Å². The molecule has 2 aromatic rings. The number of hydrogen-bond donors (Lipinski definition) is 4. The molecule has 0 spiro atoms. The van der Waals surface area contributed by atoms with Gasteiger partial charge in [0.25, 0.3) is 5.91 Å². The van der Waals surface area contributed by atoms with Gasteiger partial charge in [0.15, 0.2) is 0 Å². The Balaban J connectivity index is 2.12. The molecule has 0 aromatic heterocycles. The topological polar surface area (TPSA) is 81.6 Å². The fraction of sp³-hybridized carbons (Fsp3) is 0.286. The summed E-state index contributed by atoms with van der Waals surface area (Å²) >= 11 is 0. The molecule has 0 aliphatic heterocycles. The van der Waals surface area contributed by atoms with E-state index in [0.29, 0.717) is 0 Å². The number of hydrogen-bond acceptors (Lipinski definition) is 4. The van der Waals surface area contributed by atoms with Crippen LogP contribution in [0.4, 0.5) is 0 Å². The van der Waals surface area contributed by atoms with Crippen LogP contribution in [0.1, 0.15) is 43.0 Å². The number of aliphatic hydroxyl groups is 1. The highest BCUT2D eigenvalue weighted by Crippen LogP contribution is 2.18. The summed E-state index contributed by atoms with van der Waals surface area (Å²) < 4.78 is 0. The van der Waals surface area contributed by atoms with Crippen molar-refractivity contribution < 1.29 is 15.1 Å². The number of amides is 1. The lowest BCUT2D eigenvalue weighted by Crippen LogP contribution is -2.50. The lowest BCUT2D eigenvalue weighted by molar-refractivity contribution is -0.134. The second kappa shape index (κ2) is 9.73. The normalized spacial score (nSPS) is 13.8. The minimum atomic E-state index is -0.938. The maximum atomic E-state index is 11.7. The van der Waals surface area contributed by atoms with Crippen molar-refractivity contribution in [2.45, 2.75) is 38.5 Å². The van der Waals surface area contributed by atoms with Gasteiger partial charge < -0.3 is 5.11 Å². The molecule has 1 amide bonds. The van der Waals surface area contributed by atoms with Gasteiger partial charge in [-0.25, -0.2) is 5.48 Å². The predicted octanol–water partition coefficient (Wildman–Crippen LogP) is 2.38. The van der Waals surface area contributed by atoms with Crippen LogP contribution in [-0.2, 0) is 4.79 Å². The summed E-state index contributed by atoms with van der Waals surface area (Å²) in [6.07, 6.45) is -0.219. The highest BCUT2D eigenvalue weighted by atomic mass is 16.5. The van der Waals surface area contributed by atoms with Crippen LogP contribution in [0.25, 0.3) is 0 Å². The lowest BCUT2D eigenvalue weighted by atomic mass is 10.0. The van der Waals surface area contributed by atoms with Crippen LogP contribution < -0.4 is 10.8 Å². The van der Waals surface area contributed by atoms with E-state index in [-0.39, 0.29) is 6.04 Å². The van der Waals surface area contributed by atoms with Crippen molar-refractivity contribution in [3.05, 3.63) is 71.3 Å². The van der Waals surface area contributed by atoms with Crippen molar-refractivity contribution in [3.63, 3.8) is 0 Å². The molecule has 26 heavy (non-hydrogen) atoms.